The smallest absolute Gasteiger partial charge is 0.240 e. The van der Waals surface area contributed by atoms with E-state index in [1.54, 1.807) is 12.1 Å². The van der Waals surface area contributed by atoms with Crippen molar-refractivity contribution in [2.75, 3.05) is 0 Å². The Labute approximate surface area is 178 Å². The Hall–Kier alpha value is -2.56. The van der Waals surface area contributed by atoms with Crippen LogP contribution >= 0.6 is 23.2 Å². The number of aryl methyl sites for hydroxylation is 1. The van der Waals surface area contributed by atoms with Crippen molar-refractivity contribution in [3.8, 4) is 5.88 Å². The summed E-state index contributed by atoms with van der Waals surface area (Å²) in [4.78, 5) is 4.43. The molecular weight excluding hydrogens is 410 g/mol. The largest absolute Gasteiger partial charge is 0.471 e. The van der Waals surface area contributed by atoms with Gasteiger partial charge in [0.25, 0.3) is 0 Å². The van der Waals surface area contributed by atoms with Gasteiger partial charge in [-0.1, -0.05) is 47.5 Å². The Kier molecular flexibility index (Phi) is 5.48. The van der Waals surface area contributed by atoms with Gasteiger partial charge in [0.1, 0.15) is 23.1 Å². The molecule has 6 heteroatoms. The normalized spacial score (nSPS) is 11.2. The Balaban J connectivity index is 1.75. The molecule has 0 amide bonds. The summed E-state index contributed by atoms with van der Waals surface area (Å²) in [6.07, 6.45) is 0. The molecule has 0 spiro atoms. The monoisotopic (exact) mass is 428 g/mol. The molecule has 0 fully saturated rings. The zero-order chi connectivity index (χ0) is 20.5. The maximum atomic E-state index is 13.2. The van der Waals surface area contributed by atoms with Gasteiger partial charge in [0.2, 0.25) is 5.88 Å². The molecule has 0 atom stereocenters. The SMILES string of the molecule is Cc1c(C)n(Cc2ccc(Cl)cc2)c2c(OCc3ccc(F)cc3)nc(Cl)cc12. The Morgan fingerprint density at radius 3 is 2.31 bits per heavy atom. The fourth-order valence-electron chi connectivity index (χ4n) is 3.40. The van der Waals surface area contributed by atoms with Crippen molar-refractivity contribution in [1.82, 2.24) is 9.55 Å². The van der Waals surface area contributed by atoms with Crippen LogP contribution in [0.25, 0.3) is 10.9 Å². The van der Waals surface area contributed by atoms with Crippen molar-refractivity contribution in [2.45, 2.75) is 27.0 Å². The van der Waals surface area contributed by atoms with Gasteiger partial charge in [-0.3, -0.25) is 0 Å². The van der Waals surface area contributed by atoms with Crippen LogP contribution < -0.4 is 4.74 Å². The number of halogens is 3. The summed E-state index contributed by atoms with van der Waals surface area (Å²) in [6.45, 7) is 5.07. The zero-order valence-corrected chi connectivity index (χ0v) is 17.6. The van der Waals surface area contributed by atoms with Gasteiger partial charge >= 0.3 is 0 Å². The number of rotatable bonds is 5. The molecular formula is C23H19Cl2FN2O. The van der Waals surface area contributed by atoms with E-state index in [0.717, 1.165) is 33.3 Å². The molecule has 4 rings (SSSR count). The summed E-state index contributed by atoms with van der Waals surface area (Å²) in [5.41, 5.74) is 5.11. The highest BCUT2D eigenvalue weighted by Gasteiger charge is 2.18. The minimum Gasteiger partial charge on any atom is -0.471 e. The van der Waals surface area contributed by atoms with Gasteiger partial charge in [0.15, 0.2) is 0 Å². The van der Waals surface area contributed by atoms with Crippen molar-refractivity contribution in [2.24, 2.45) is 0 Å². The van der Waals surface area contributed by atoms with E-state index in [0.29, 0.717) is 22.6 Å². The molecule has 0 aliphatic carbocycles. The zero-order valence-electron chi connectivity index (χ0n) is 16.0. The van der Waals surface area contributed by atoms with E-state index in [1.165, 1.54) is 12.1 Å². The summed E-state index contributed by atoms with van der Waals surface area (Å²) in [5, 5.41) is 2.08. The topological polar surface area (TPSA) is 27.1 Å². The predicted octanol–water partition coefficient (Wildman–Crippen LogP) is 6.73. The lowest BCUT2D eigenvalue weighted by atomic mass is 10.2. The minimum absolute atomic E-state index is 0.271. The lowest BCUT2D eigenvalue weighted by Crippen LogP contribution is -2.05. The van der Waals surface area contributed by atoms with Crippen LogP contribution in [0.2, 0.25) is 10.2 Å². The van der Waals surface area contributed by atoms with Crippen molar-refractivity contribution >= 4 is 34.1 Å². The summed E-state index contributed by atoms with van der Waals surface area (Å²) < 4.78 is 21.4. The molecule has 3 nitrogen and oxygen atoms in total. The maximum Gasteiger partial charge on any atom is 0.240 e. The number of ether oxygens (including phenoxy) is 1. The quantitative estimate of drug-likeness (QED) is 0.329. The molecule has 2 aromatic carbocycles. The molecule has 0 radical (unpaired) electrons. The van der Waals surface area contributed by atoms with E-state index in [9.17, 15) is 4.39 Å². The number of nitrogens with zero attached hydrogens (tertiary/aromatic N) is 2. The van der Waals surface area contributed by atoms with Gasteiger partial charge in [0, 0.05) is 22.6 Å². The first kappa shape index (κ1) is 19.7. The van der Waals surface area contributed by atoms with Gasteiger partial charge < -0.3 is 9.30 Å². The summed E-state index contributed by atoms with van der Waals surface area (Å²) in [6, 6.07) is 15.9. The molecule has 2 heterocycles. The molecule has 0 aliphatic heterocycles. The number of benzene rings is 2. The standard InChI is InChI=1S/C23H19Cl2FN2O/c1-14-15(2)28(12-16-3-7-18(24)8-4-16)22-20(14)11-21(25)27-23(22)29-13-17-5-9-19(26)10-6-17/h3-11H,12-13H2,1-2H3. The highest BCUT2D eigenvalue weighted by Crippen LogP contribution is 2.34. The summed E-state index contributed by atoms with van der Waals surface area (Å²) >= 11 is 12.3. The van der Waals surface area contributed by atoms with Crippen LogP contribution in [0.1, 0.15) is 22.4 Å². The third-order valence-electron chi connectivity index (χ3n) is 5.09. The molecule has 0 bridgehead atoms. The Bertz CT molecular complexity index is 1170. The minimum atomic E-state index is -0.278. The maximum absolute atomic E-state index is 13.2. The molecule has 0 aliphatic rings. The van der Waals surface area contributed by atoms with Crippen LogP contribution in [0.5, 0.6) is 5.88 Å². The number of fused-ring (bicyclic) bond motifs is 1. The molecule has 29 heavy (non-hydrogen) atoms. The lowest BCUT2D eigenvalue weighted by Gasteiger charge is -2.13. The highest BCUT2D eigenvalue weighted by atomic mass is 35.5. The Morgan fingerprint density at radius 1 is 0.966 bits per heavy atom. The third kappa shape index (κ3) is 4.09. The number of hydrogen-bond acceptors (Lipinski definition) is 2. The van der Waals surface area contributed by atoms with Gasteiger partial charge in [-0.15, -0.1) is 0 Å². The van der Waals surface area contributed by atoms with Crippen LogP contribution in [-0.2, 0) is 13.2 Å². The van der Waals surface area contributed by atoms with E-state index in [1.807, 2.05) is 30.3 Å². The molecule has 0 N–H and O–H groups in total. The van der Waals surface area contributed by atoms with Crippen molar-refractivity contribution < 1.29 is 9.13 Å². The van der Waals surface area contributed by atoms with E-state index < -0.39 is 0 Å². The average Bonchev–Trinajstić information content (AvgIpc) is 2.94. The fourth-order valence-corrected chi connectivity index (χ4v) is 3.71. The number of aromatic nitrogens is 2. The summed E-state index contributed by atoms with van der Waals surface area (Å²) in [7, 11) is 0. The van der Waals surface area contributed by atoms with Crippen molar-refractivity contribution in [3.05, 3.63) is 93.0 Å². The van der Waals surface area contributed by atoms with Crippen LogP contribution in [0.3, 0.4) is 0 Å². The van der Waals surface area contributed by atoms with Gasteiger partial charge in [-0.25, -0.2) is 4.39 Å². The molecule has 0 unspecified atom stereocenters. The van der Waals surface area contributed by atoms with Crippen molar-refractivity contribution in [3.63, 3.8) is 0 Å². The highest BCUT2D eigenvalue weighted by molar-refractivity contribution is 6.30. The molecule has 0 saturated carbocycles. The van der Waals surface area contributed by atoms with Crippen LogP contribution in [0.4, 0.5) is 4.39 Å². The van der Waals surface area contributed by atoms with Crippen LogP contribution in [-0.4, -0.2) is 9.55 Å². The first-order valence-electron chi connectivity index (χ1n) is 9.20. The number of hydrogen-bond donors (Lipinski definition) is 0. The van der Waals surface area contributed by atoms with Gasteiger partial charge in [0.05, 0.1) is 0 Å². The number of pyridine rings is 1. The van der Waals surface area contributed by atoms with Gasteiger partial charge in [-0.05, 0) is 60.9 Å². The van der Waals surface area contributed by atoms with E-state index in [2.05, 4.69) is 23.4 Å². The molecule has 2 aromatic heterocycles. The summed E-state index contributed by atoms with van der Waals surface area (Å²) in [5.74, 6) is 0.182. The van der Waals surface area contributed by atoms with E-state index >= 15 is 0 Å². The van der Waals surface area contributed by atoms with Crippen molar-refractivity contribution in [1.29, 1.82) is 0 Å². The third-order valence-corrected chi connectivity index (χ3v) is 5.54. The first-order chi connectivity index (χ1) is 13.9. The Morgan fingerprint density at radius 2 is 1.62 bits per heavy atom. The average molecular weight is 429 g/mol. The molecule has 4 aromatic rings. The first-order valence-corrected chi connectivity index (χ1v) is 9.95. The van der Waals surface area contributed by atoms with E-state index in [4.69, 9.17) is 27.9 Å². The van der Waals surface area contributed by atoms with E-state index in [-0.39, 0.29) is 12.4 Å². The second kappa shape index (κ2) is 8.05. The van der Waals surface area contributed by atoms with Crippen LogP contribution in [0, 0.1) is 19.7 Å². The van der Waals surface area contributed by atoms with Gasteiger partial charge in [-0.2, -0.15) is 4.98 Å². The van der Waals surface area contributed by atoms with Crippen LogP contribution in [0.15, 0.2) is 54.6 Å². The molecule has 0 saturated heterocycles. The molecule has 148 valence electrons. The second-order valence-corrected chi connectivity index (χ2v) is 7.81. The fraction of sp³-hybridized carbons (Fsp3) is 0.174. The second-order valence-electron chi connectivity index (χ2n) is 6.98. The predicted molar refractivity (Wildman–Crippen MR) is 116 cm³/mol. The lowest BCUT2D eigenvalue weighted by molar-refractivity contribution is 0.296.